The molecular weight excluding hydrogens is 342 g/mol. The maximum atomic E-state index is 11.7. The topological polar surface area (TPSA) is 153 Å². The van der Waals surface area contributed by atoms with Gasteiger partial charge in [0.2, 0.25) is 10.0 Å². The normalized spacial score (nSPS) is 11.6. The van der Waals surface area contributed by atoms with Gasteiger partial charge in [-0.3, -0.25) is 15.5 Å². The average molecular weight is 361 g/mol. The molecule has 1 aromatic rings. The van der Waals surface area contributed by atoms with Crippen molar-refractivity contribution in [1.82, 2.24) is 15.1 Å². The Labute approximate surface area is 139 Å². The molecule has 0 aliphatic carbocycles. The molecular formula is C12H19N5O6S. The number of anilines is 1. The molecule has 0 atom stereocenters. The number of rotatable bonds is 7. The fourth-order valence-electron chi connectivity index (χ4n) is 1.35. The fraction of sp³-hybridized carbons (Fsp3) is 0.500. The number of hydrogen-bond donors (Lipinski definition) is 3. The molecule has 0 unspecified atom stereocenters. The van der Waals surface area contributed by atoms with Crippen LogP contribution < -0.4 is 15.6 Å². The Bertz CT molecular complexity index is 683. The molecule has 1 rings (SSSR count). The zero-order chi connectivity index (χ0) is 18.4. The number of alkyl carbamates (subject to hydrolysis) is 1. The third kappa shape index (κ3) is 7.69. The lowest BCUT2D eigenvalue weighted by Gasteiger charge is -2.19. The minimum absolute atomic E-state index is 0.0873. The van der Waals surface area contributed by atoms with E-state index in [0.717, 1.165) is 6.20 Å². The van der Waals surface area contributed by atoms with Crippen molar-refractivity contribution in [2.45, 2.75) is 26.4 Å². The van der Waals surface area contributed by atoms with Gasteiger partial charge in [0.25, 0.3) is 5.69 Å². The Hall–Kier alpha value is -2.47. The smallest absolute Gasteiger partial charge is 0.407 e. The van der Waals surface area contributed by atoms with E-state index >= 15 is 0 Å². The molecule has 0 bridgehead atoms. The molecule has 0 fully saturated rings. The van der Waals surface area contributed by atoms with Crippen LogP contribution >= 0.6 is 0 Å². The largest absolute Gasteiger partial charge is 0.444 e. The minimum atomic E-state index is -3.75. The number of aromatic nitrogens is 1. The molecule has 0 saturated carbocycles. The Morgan fingerprint density at radius 1 is 1.38 bits per heavy atom. The molecule has 12 heteroatoms. The number of ether oxygens (including phenoxy) is 1. The van der Waals surface area contributed by atoms with Crippen LogP contribution in [0.25, 0.3) is 0 Å². The highest BCUT2D eigenvalue weighted by Crippen LogP contribution is 2.11. The summed E-state index contributed by atoms with van der Waals surface area (Å²) in [4.78, 5) is 27.0. The summed E-state index contributed by atoms with van der Waals surface area (Å²) in [5, 5.41) is 12.8. The number of pyridine rings is 1. The molecule has 11 nitrogen and oxygen atoms in total. The molecule has 0 saturated heterocycles. The first kappa shape index (κ1) is 19.6. The molecule has 1 heterocycles. The maximum Gasteiger partial charge on any atom is 0.407 e. The highest BCUT2D eigenvalue weighted by Gasteiger charge is 2.17. The van der Waals surface area contributed by atoms with E-state index < -0.39 is 32.4 Å². The molecule has 134 valence electrons. The van der Waals surface area contributed by atoms with Gasteiger partial charge in [-0.15, -0.1) is 4.83 Å². The number of nitrogens with one attached hydrogen (secondary N) is 3. The summed E-state index contributed by atoms with van der Waals surface area (Å²) in [6.45, 7) is 4.91. The van der Waals surface area contributed by atoms with Crippen LogP contribution in [0.1, 0.15) is 20.8 Å². The second kappa shape index (κ2) is 7.88. The summed E-state index contributed by atoms with van der Waals surface area (Å²) in [6.07, 6.45) is 0.267. The van der Waals surface area contributed by atoms with Crippen LogP contribution in [0.4, 0.5) is 16.3 Å². The van der Waals surface area contributed by atoms with Gasteiger partial charge >= 0.3 is 6.09 Å². The molecule has 0 aliphatic rings. The van der Waals surface area contributed by atoms with E-state index in [9.17, 15) is 23.3 Å². The summed E-state index contributed by atoms with van der Waals surface area (Å²) in [7, 11) is -3.75. The number of carbonyl (C=O) groups excluding carboxylic acids is 1. The Morgan fingerprint density at radius 3 is 2.54 bits per heavy atom. The summed E-state index contributed by atoms with van der Waals surface area (Å²) < 4.78 is 28.5. The lowest BCUT2D eigenvalue weighted by atomic mass is 10.2. The highest BCUT2D eigenvalue weighted by atomic mass is 32.2. The molecule has 3 N–H and O–H groups in total. The monoisotopic (exact) mass is 361 g/mol. The number of nitrogens with zero attached hydrogens (tertiary/aromatic N) is 2. The number of nitro groups is 1. The second-order valence-electron chi connectivity index (χ2n) is 5.63. The highest BCUT2D eigenvalue weighted by molar-refractivity contribution is 7.89. The van der Waals surface area contributed by atoms with Crippen molar-refractivity contribution in [3.63, 3.8) is 0 Å². The number of hydrogen-bond acceptors (Lipinski definition) is 8. The molecule has 0 spiro atoms. The van der Waals surface area contributed by atoms with Gasteiger partial charge in [-0.1, -0.05) is 0 Å². The van der Waals surface area contributed by atoms with Gasteiger partial charge in [0, 0.05) is 12.6 Å². The van der Waals surface area contributed by atoms with Gasteiger partial charge in [-0.05, 0) is 26.8 Å². The van der Waals surface area contributed by atoms with Crippen molar-refractivity contribution >= 4 is 27.6 Å². The van der Waals surface area contributed by atoms with Gasteiger partial charge in [0.15, 0.2) is 0 Å². The first-order valence-corrected chi connectivity index (χ1v) is 8.46. The van der Waals surface area contributed by atoms with Gasteiger partial charge < -0.3 is 10.1 Å². The molecule has 1 aromatic heterocycles. The van der Waals surface area contributed by atoms with Crippen LogP contribution in [-0.4, -0.2) is 42.3 Å². The molecule has 0 aliphatic heterocycles. The van der Waals surface area contributed by atoms with E-state index in [-0.39, 0.29) is 18.1 Å². The summed E-state index contributed by atoms with van der Waals surface area (Å²) in [5.74, 6) is -0.309. The Morgan fingerprint density at radius 2 is 2.04 bits per heavy atom. The first-order chi connectivity index (χ1) is 11.0. The summed E-state index contributed by atoms with van der Waals surface area (Å²) in [5.41, 5.74) is 1.42. The second-order valence-corrected chi connectivity index (χ2v) is 7.48. The van der Waals surface area contributed by atoms with E-state index in [4.69, 9.17) is 4.74 Å². The molecule has 0 radical (unpaired) electrons. The number of carbonyl (C=O) groups is 1. The number of hydrazine groups is 1. The van der Waals surface area contributed by atoms with Crippen LogP contribution in [0.5, 0.6) is 0 Å². The fourth-order valence-corrected chi connectivity index (χ4v) is 2.08. The van der Waals surface area contributed by atoms with Crippen molar-refractivity contribution in [1.29, 1.82) is 0 Å². The van der Waals surface area contributed by atoms with E-state index in [2.05, 4.69) is 15.7 Å². The van der Waals surface area contributed by atoms with Crippen molar-refractivity contribution in [2.24, 2.45) is 0 Å². The standard InChI is InChI=1S/C12H19N5O6S/c1-12(2,3)23-11(18)13-6-7-24(21,22)16-15-10-5-4-9(8-14-10)17(19)20/h4-5,8,16H,6-7H2,1-3H3,(H,13,18)(H,14,15). The molecule has 0 aromatic carbocycles. The first-order valence-electron chi connectivity index (χ1n) is 6.81. The van der Waals surface area contributed by atoms with Crippen LogP contribution in [-0.2, 0) is 14.8 Å². The van der Waals surface area contributed by atoms with Crippen LogP contribution in [0.15, 0.2) is 18.3 Å². The summed E-state index contributed by atoms with van der Waals surface area (Å²) >= 11 is 0. The Kier molecular flexibility index (Phi) is 6.42. The number of amides is 1. The predicted octanol–water partition coefficient (Wildman–Crippen LogP) is 0.761. The lowest BCUT2D eigenvalue weighted by Crippen LogP contribution is -2.39. The third-order valence-corrected chi connectivity index (χ3v) is 3.49. The predicted molar refractivity (Wildman–Crippen MR) is 85.7 cm³/mol. The van der Waals surface area contributed by atoms with Crippen molar-refractivity contribution in [3.05, 3.63) is 28.4 Å². The SMILES string of the molecule is CC(C)(C)OC(=O)NCCS(=O)(=O)NNc1ccc([N+](=O)[O-])cn1. The van der Waals surface area contributed by atoms with Crippen molar-refractivity contribution in [2.75, 3.05) is 17.7 Å². The quantitative estimate of drug-likeness (QED) is 0.475. The van der Waals surface area contributed by atoms with Gasteiger partial charge in [0.05, 0.1) is 10.7 Å². The van der Waals surface area contributed by atoms with Gasteiger partial charge in [-0.2, -0.15) is 0 Å². The van der Waals surface area contributed by atoms with Gasteiger partial charge in [-0.25, -0.2) is 18.2 Å². The maximum absolute atomic E-state index is 11.7. The van der Waals surface area contributed by atoms with E-state index in [0.29, 0.717) is 0 Å². The molecule has 1 amide bonds. The van der Waals surface area contributed by atoms with Gasteiger partial charge in [0.1, 0.15) is 17.6 Å². The Balaban J connectivity index is 2.41. The average Bonchev–Trinajstić information content (AvgIpc) is 2.43. The van der Waals surface area contributed by atoms with E-state index in [1.165, 1.54) is 12.1 Å². The van der Waals surface area contributed by atoms with E-state index in [1.807, 2.05) is 4.83 Å². The third-order valence-electron chi connectivity index (χ3n) is 2.33. The minimum Gasteiger partial charge on any atom is -0.444 e. The van der Waals surface area contributed by atoms with Crippen molar-refractivity contribution in [3.8, 4) is 0 Å². The van der Waals surface area contributed by atoms with Crippen LogP contribution in [0, 0.1) is 10.1 Å². The zero-order valence-corrected chi connectivity index (χ0v) is 14.2. The zero-order valence-electron chi connectivity index (χ0n) is 13.4. The summed E-state index contributed by atoms with van der Waals surface area (Å²) in [6, 6.07) is 2.42. The van der Waals surface area contributed by atoms with Crippen LogP contribution in [0.2, 0.25) is 0 Å². The van der Waals surface area contributed by atoms with E-state index in [1.54, 1.807) is 20.8 Å². The number of sulfonamides is 1. The molecule has 24 heavy (non-hydrogen) atoms. The lowest BCUT2D eigenvalue weighted by molar-refractivity contribution is -0.385. The van der Waals surface area contributed by atoms with Crippen molar-refractivity contribution < 1.29 is 22.9 Å². The van der Waals surface area contributed by atoms with Crippen LogP contribution in [0.3, 0.4) is 0 Å².